The van der Waals surface area contributed by atoms with Crippen LogP contribution in [0.1, 0.15) is 58.3 Å². The first-order valence-electron chi connectivity index (χ1n) is 8.23. The zero-order valence-corrected chi connectivity index (χ0v) is 13.5. The van der Waals surface area contributed by atoms with Gasteiger partial charge in [0.05, 0.1) is 6.61 Å². The smallest absolute Gasteiger partial charge is 0.305 e. The van der Waals surface area contributed by atoms with E-state index in [4.69, 9.17) is 4.74 Å². The third-order valence-electron chi connectivity index (χ3n) is 3.35. The number of amides is 1. The molecule has 0 fully saturated rings. The van der Waals surface area contributed by atoms with Crippen molar-refractivity contribution in [3.63, 3.8) is 0 Å². The maximum atomic E-state index is 11.7. The number of ether oxygens (including phenoxy) is 1. The molecule has 4 heteroatoms. The minimum atomic E-state index is -0.102. The summed E-state index contributed by atoms with van der Waals surface area (Å²) in [5, 5.41) is 2.87. The maximum absolute atomic E-state index is 11.7. The van der Waals surface area contributed by atoms with Gasteiger partial charge in [0.2, 0.25) is 5.91 Å². The van der Waals surface area contributed by atoms with Gasteiger partial charge in [-0.2, -0.15) is 0 Å². The van der Waals surface area contributed by atoms with Gasteiger partial charge < -0.3 is 10.1 Å². The van der Waals surface area contributed by atoms with E-state index in [9.17, 15) is 9.59 Å². The van der Waals surface area contributed by atoms with Gasteiger partial charge in [-0.1, -0.05) is 44.4 Å². The van der Waals surface area contributed by atoms with Gasteiger partial charge in [-0.25, -0.2) is 0 Å². The lowest BCUT2D eigenvalue weighted by molar-refractivity contribution is -0.143. The third-order valence-corrected chi connectivity index (χ3v) is 3.35. The van der Waals surface area contributed by atoms with E-state index in [1.807, 2.05) is 30.3 Å². The van der Waals surface area contributed by atoms with Gasteiger partial charge in [-0.05, 0) is 31.4 Å². The number of unbranched alkanes of at least 4 members (excludes halogenated alkanes) is 4. The average molecular weight is 305 g/mol. The highest BCUT2D eigenvalue weighted by molar-refractivity contribution is 5.90. The van der Waals surface area contributed by atoms with Crippen LogP contribution >= 0.6 is 0 Å². The van der Waals surface area contributed by atoms with Crippen molar-refractivity contribution in [3.8, 4) is 0 Å². The second kappa shape index (κ2) is 11.8. The van der Waals surface area contributed by atoms with Crippen LogP contribution in [0.3, 0.4) is 0 Å². The van der Waals surface area contributed by atoms with Crippen molar-refractivity contribution < 1.29 is 14.3 Å². The van der Waals surface area contributed by atoms with E-state index >= 15 is 0 Å². The van der Waals surface area contributed by atoms with Gasteiger partial charge >= 0.3 is 5.97 Å². The summed E-state index contributed by atoms with van der Waals surface area (Å²) in [5.74, 6) is -0.0551. The molecule has 0 spiro atoms. The molecule has 0 saturated carbocycles. The Hall–Kier alpha value is -1.84. The molecule has 0 atom stereocenters. The number of benzene rings is 1. The van der Waals surface area contributed by atoms with Crippen LogP contribution in [-0.2, 0) is 14.3 Å². The standard InChI is InChI=1S/C18H27NO3/c1-2-3-15-22-18(21)14-10-5-4-9-13-17(20)19-16-11-7-6-8-12-16/h6-8,11-12H,2-5,9-10,13-15H2,1H3,(H,19,20). The lowest BCUT2D eigenvalue weighted by atomic mass is 10.1. The number of hydrogen-bond acceptors (Lipinski definition) is 3. The molecule has 1 aromatic carbocycles. The summed E-state index contributed by atoms with van der Waals surface area (Å²) in [4.78, 5) is 23.1. The summed E-state index contributed by atoms with van der Waals surface area (Å²) in [5.41, 5.74) is 0.835. The molecule has 0 heterocycles. The van der Waals surface area contributed by atoms with E-state index in [0.717, 1.165) is 44.2 Å². The molecule has 0 unspecified atom stereocenters. The van der Waals surface area contributed by atoms with Gasteiger partial charge in [0.1, 0.15) is 0 Å². The lowest BCUT2D eigenvalue weighted by Crippen LogP contribution is -2.10. The molecule has 0 aliphatic heterocycles. The zero-order chi connectivity index (χ0) is 16.0. The Morgan fingerprint density at radius 1 is 0.955 bits per heavy atom. The highest BCUT2D eigenvalue weighted by atomic mass is 16.5. The third kappa shape index (κ3) is 9.16. The van der Waals surface area contributed by atoms with E-state index in [0.29, 0.717) is 19.4 Å². The molecule has 0 aromatic heterocycles. The summed E-state index contributed by atoms with van der Waals surface area (Å²) in [6, 6.07) is 9.47. The molecule has 122 valence electrons. The minimum absolute atomic E-state index is 0.0465. The largest absolute Gasteiger partial charge is 0.466 e. The topological polar surface area (TPSA) is 55.4 Å². The molecular weight excluding hydrogens is 278 g/mol. The number of carbonyl (C=O) groups excluding carboxylic acids is 2. The fraction of sp³-hybridized carbons (Fsp3) is 0.556. The summed E-state index contributed by atoms with van der Waals surface area (Å²) < 4.78 is 5.09. The van der Waals surface area contributed by atoms with Crippen molar-refractivity contribution in [2.45, 2.75) is 58.3 Å². The minimum Gasteiger partial charge on any atom is -0.466 e. The predicted molar refractivity (Wildman–Crippen MR) is 88.6 cm³/mol. The molecule has 0 aliphatic rings. The van der Waals surface area contributed by atoms with Crippen molar-refractivity contribution >= 4 is 17.6 Å². The average Bonchev–Trinajstić information content (AvgIpc) is 2.52. The summed E-state index contributed by atoms with van der Waals surface area (Å²) in [7, 11) is 0. The van der Waals surface area contributed by atoms with Crippen molar-refractivity contribution in [1.82, 2.24) is 0 Å². The van der Waals surface area contributed by atoms with Crippen LogP contribution in [0.5, 0.6) is 0 Å². The highest BCUT2D eigenvalue weighted by Crippen LogP contribution is 2.09. The Morgan fingerprint density at radius 2 is 1.64 bits per heavy atom. The monoisotopic (exact) mass is 305 g/mol. The molecule has 22 heavy (non-hydrogen) atoms. The van der Waals surface area contributed by atoms with E-state index in [-0.39, 0.29) is 11.9 Å². The fourth-order valence-corrected chi connectivity index (χ4v) is 2.06. The fourth-order valence-electron chi connectivity index (χ4n) is 2.06. The van der Waals surface area contributed by atoms with Crippen molar-refractivity contribution in [2.24, 2.45) is 0 Å². The summed E-state index contributed by atoms with van der Waals surface area (Å²) in [6.07, 6.45) is 6.59. The molecule has 0 radical (unpaired) electrons. The number of anilines is 1. The molecule has 1 amide bonds. The van der Waals surface area contributed by atoms with Crippen LogP contribution in [-0.4, -0.2) is 18.5 Å². The number of hydrogen-bond donors (Lipinski definition) is 1. The molecule has 4 nitrogen and oxygen atoms in total. The Kier molecular flexibility index (Phi) is 9.75. The van der Waals surface area contributed by atoms with Gasteiger partial charge in [0.25, 0.3) is 0 Å². The zero-order valence-electron chi connectivity index (χ0n) is 13.5. The molecule has 1 rings (SSSR count). The predicted octanol–water partition coefficient (Wildman–Crippen LogP) is 4.31. The second-order valence-electron chi connectivity index (χ2n) is 5.40. The van der Waals surface area contributed by atoms with Crippen molar-refractivity contribution in [3.05, 3.63) is 30.3 Å². The first-order chi connectivity index (χ1) is 10.7. The lowest BCUT2D eigenvalue weighted by Gasteiger charge is -2.05. The van der Waals surface area contributed by atoms with Crippen LogP contribution in [0.15, 0.2) is 30.3 Å². The first-order valence-corrected chi connectivity index (χ1v) is 8.23. The summed E-state index contributed by atoms with van der Waals surface area (Å²) >= 11 is 0. The SMILES string of the molecule is CCCCOC(=O)CCCCCCC(=O)Nc1ccccc1. The normalized spacial score (nSPS) is 10.2. The van der Waals surface area contributed by atoms with Gasteiger partial charge in [0, 0.05) is 18.5 Å². The van der Waals surface area contributed by atoms with Crippen molar-refractivity contribution in [2.75, 3.05) is 11.9 Å². The highest BCUT2D eigenvalue weighted by Gasteiger charge is 2.04. The van der Waals surface area contributed by atoms with Crippen LogP contribution in [0, 0.1) is 0 Å². The molecule has 0 aliphatic carbocycles. The number of nitrogens with one attached hydrogen (secondary N) is 1. The Balaban J connectivity index is 1.97. The van der Waals surface area contributed by atoms with Crippen molar-refractivity contribution in [1.29, 1.82) is 0 Å². The Bertz CT molecular complexity index is 431. The molecule has 0 saturated heterocycles. The van der Waals surface area contributed by atoms with Crippen LogP contribution in [0.25, 0.3) is 0 Å². The number of rotatable bonds is 11. The van der Waals surface area contributed by atoms with E-state index in [1.165, 1.54) is 0 Å². The first kappa shape index (κ1) is 18.2. The molecule has 0 bridgehead atoms. The number of para-hydroxylation sites is 1. The van der Waals surface area contributed by atoms with Crippen LogP contribution in [0.4, 0.5) is 5.69 Å². The molecule has 1 N–H and O–H groups in total. The van der Waals surface area contributed by atoms with Crippen LogP contribution in [0.2, 0.25) is 0 Å². The second-order valence-corrected chi connectivity index (χ2v) is 5.40. The van der Waals surface area contributed by atoms with Gasteiger partial charge in [-0.15, -0.1) is 0 Å². The summed E-state index contributed by atoms with van der Waals surface area (Å²) in [6.45, 7) is 2.61. The Labute approximate surface area is 133 Å². The van der Waals surface area contributed by atoms with Crippen LogP contribution < -0.4 is 5.32 Å². The van der Waals surface area contributed by atoms with Gasteiger partial charge in [-0.3, -0.25) is 9.59 Å². The van der Waals surface area contributed by atoms with E-state index < -0.39 is 0 Å². The molecule has 1 aromatic rings. The molecular formula is C18H27NO3. The van der Waals surface area contributed by atoms with Gasteiger partial charge in [0.15, 0.2) is 0 Å². The Morgan fingerprint density at radius 3 is 2.32 bits per heavy atom. The number of carbonyl (C=O) groups is 2. The number of esters is 1. The maximum Gasteiger partial charge on any atom is 0.305 e. The quantitative estimate of drug-likeness (QED) is 0.489. The van der Waals surface area contributed by atoms with E-state index in [2.05, 4.69) is 12.2 Å². The van der Waals surface area contributed by atoms with E-state index in [1.54, 1.807) is 0 Å².